The lowest BCUT2D eigenvalue weighted by Crippen LogP contribution is -2.13. The molecule has 0 bridgehead atoms. The van der Waals surface area contributed by atoms with Gasteiger partial charge < -0.3 is 16.2 Å². The van der Waals surface area contributed by atoms with Crippen LogP contribution in [0, 0.1) is 0 Å². The van der Waals surface area contributed by atoms with Gasteiger partial charge in [0.1, 0.15) is 22.9 Å². The number of hydrogen-bond donors (Lipinski definition) is 3. The van der Waals surface area contributed by atoms with E-state index in [1.165, 1.54) is 44.0 Å². The maximum atomic E-state index is 9.26. The summed E-state index contributed by atoms with van der Waals surface area (Å²) in [6.07, 6.45) is 9.00. The first-order valence-corrected chi connectivity index (χ1v) is 12.9. The predicted octanol–water partition coefficient (Wildman–Crippen LogP) is 6.19. The number of anilines is 1. The lowest BCUT2D eigenvalue weighted by Gasteiger charge is -2.20. The molecular formula is C27H28N6O2S. The second-order valence-electron chi connectivity index (χ2n) is 8.82. The molecule has 1 saturated carbocycles. The van der Waals surface area contributed by atoms with Gasteiger partial charge in [-0.25, -0.2) is 19.7 Å². The van der Waals surface area contributed by atoms with Gasteiger partial charge >= 0.3 is 6.09 Å². The molecule has 1 aromatic carbocycles. The fraction of sp³-hybridized carbons (Fsp3) is 0.259. The number of imidazole rings is 1. The van der Waals surface area contributed by atoms with Gasteiger partial charge in [-0.05, 0) is 36.4 Å². The van der Waals surface area contributed by atoms with Crippen LogP contribution in [0.4, 0.5) is 10.6 Å². The number of nitrogens with two attached hydrogens (primary N) is 1. The molecule has 0 atom stereocenters. The lowest BCUT2D eigenvalue weighted by molar-refractivity contribution is 0.197. The molecule has 1 amide bonds. The van der Waals surface area contributed by atoms with Crippen molar-refractivity contribution in [1.29, 1.82) is 0 Å². The summed E-state index contributed by atoms with van der Waals surface area (Å²) in [5.41, 5.74) is 11.1. The molecule has 4 heterocycles. The molecule has 36 heavy (non-hydrogen) atoms. The molecule has 9 heteroatoms. The van der Waals surface area contributed by atoms with Crippen molar-refractivity contribution in [3.05, 3.63) is 66.1 Å². The number of hydrogen-bond acceptors (Lipinski definition) is 6. The van der Waals surface area contributed by atoms with E-state index in [0.717, 1.165) is 39.2 Å². The maximum absolute atomic E-state index is 9.26. The number of aromatic nitrogens is 4. The predicted molar refractivity (Wildman–Crippen MR) is 144 cm³/mol. The van der Waals surface area contributed by atoms with Gasteiger partial charge in [-0.2, -0.15) is 0 Å². The minimum atomic E-state index is -0.995. The number of rotatable bonds is 3. The Morgan fingerprint density at radius 3 is 2.64 bits per heavy atom. The Balaban J connectivity index is 0.000000489. The zero-order chi connectivity index (χ0) is 25.1. The topological polar surface area (TPSA) is 118 Å². The van der Waals surface area contributed by atoms with Gasteiger partial charge in [0.15, 0.2) is 0 Å². The van der Waals surface area contributed by atoms with E-state index >= 15 is 0 Å². The van der Waals surface area contributed by atoms with Gasteiger partial charge in [-0.1, -0.05) is 43.5 Å². The number of carbonyl (C=O) groups is 1. The Kier molecular flexibility index (Phi) is 6.81. The molecule has 1 aliphatic rings. The molecule has 5 aromatic rings. The van der Waals surface area contributed by atoms with E-state index in [4.69, 9.17) is 20.8 Å². The first kappa shape index (κ1) is 23.7. The number of amides is 1. The Hall–Kier alpha value is -3.98. The maximum Gasteiger partial charge on any atom is 0.404 e. The van der Waals surface area contributed by atoms with Crippen LogP contribution >= 0.6 is 11.3 Å². The monoisotopic (exact) mass is 500 g/mol. The van der Waals surface area contributed by atoms with Crippen LogP contribution in [0.15, 0.2) is 60.2 Å². The van der Waals surface area contributed by atoms with Crippen LogP contribution in [0.1, 0.15) is 43.8 Å². The minimum Gasteiger partial charge on any atom is -0.465 e. The molecule has 8 nitrogen and oxygen atoms in total. The SMILES string of the molecule is CNC(=O)O.Nc1nccn2c(C3CCCCC3)nc(-c3ccc4ccc(-c5cccs5)nc4c3)c12. The molecule has 0 unspecified atom stereocenters. The lowest BCUT2D eigenvalue weighted by atomic mass is 9.89. The van der Waals surface area contributed by atoms with Crippen molar-refractivity contribution in [2.75, 3.05) is 12.8 Å². The average Bonchev–Trinajstić information content (AvgIpc) is 3.58. The highest BCUT2D eigenvalue weighted by Crippen LogP contribution is 2.37. The summed E-state index contributed by atoms with van der Waals surface area (Å²) in [6, 6.07) is 14.8. The molecule has 0 aliphatic heterocycles. The largest absolute Gasteiger partial charge is 0.465 e. The average molecular weight is 501 g/mol. The fourth-order valence-corrected chi connectivity index (χ4v) is 5.46. The second-order valence-corrected chi connectivity index (χ2v) is 9.77. The van der Waals surface area contributed by atoms with Crippen LogP contribution in [-0.2, 0) is 0 Å². The number of pyridine rings is 1. The van der Waals surface area contributed by atoms with Gasteiger partial charge in [0.05, 0.1) is 16.1 Å². The summed E-state index contributed by atoms with van der Waals surface area (Å²) in [5, 5.41) is 12.8. The highest BCUT2D eigenvalue weighted by Gasteiger charge is 2.24. The van der Waals surface area contributed by atoms with E-state index < -0.39 is 6.09 Å². The third-order valence-corrected chi connectivity index (χ3v) is 7.43. The number of benzene rings is 1. The van der Waals surface area contributed by atoms with Crippen molar-refractivity contribution >= 4 is 39.7 Å². The third-order valence-electron chi connectivity index (χ3n) is 6.53. The van der Waals surface area contributed by atoms with Crippen molar-refractivity contribution in [2.45, 2.75) is 38.0 Å². The summed E-state index contributed by atoms with van der Waals surface area (Å²) in [7, 11) is 1.35. The zero-order valence-electron chi connectivity index (χ0n) is 20.0. The van der Waals surface area contributed by atoms with Crippen LogP contribution in [0.2, 0.25) is 0 Å². The molecule has 1 fully saturated rings. The molecule has 4 N–H and O–H groups in total. The number of nitrogen functional groups attached to an aromatic ring is 1. The Bertz CT molecular complexity index is 1510. The van der Waals surface area contributed by atoms with Gasteiger partial charge in [0.2, 0.25) is 0 Å². The smallest absolute Gasteiger partial charge is 0.404 e. The Morgan fingerprint density at radius 1 is 1.14 bits per heavy atom. The summed E-state index contributed by atoms with van der Waals surface area (Å²) < 4.78 is 2.16. The number of thiophene rings is 1. The standard InChI is InChI=1S/C25H23N5S.C2H5NO2/c26-24-23-22(29-25(30(23)13-12-27-24)17-5-2-1-3-6-17)18-9-8-16-10-11-19(28-20(16)15-18)21-7-4-14-31-21;1-3-2(4)5/h4,7-15,17H,1-3,5-6H2,(H2,26,27);3H,1H3,(H,4,5). The van der Waals surface area contributed by atoms with E-state index in [1.807, 2.05) is 11.5 Å². The van der Waals surface area contributed by atoms with Crippen molar-refractivity contribution in [1.82, 2.24) is 24.7 Å². The molecule has 184 valence electrons. The first-order valence-electron chi connectivity index (χ1n) is 12.0. The van der Waals surface area contributed by atoms with Crippen molar-refractivity contribution in [2.24, 2.45) is 0 Å². The molecule has 0 spiro atoms. The second kappa shape index (κ2) is 10.3. The molecular weight excluding hydrogens is 472 g/mol. The molecule has 1 aliphatic carbocycles. The van der Waals surface area contributed by atoms with Crippen LogP contribution in [-0.4, -0.2) is 37.6 Å². The van der Waals surface area contributed by atoms with Crippen molar-refractivity contribution in [3.63, 3.8) is 0 Å². The van der Waals surface area contributed by atoms with E-state index in [1.54, 1.807) is 17.5 Å². The van der Waals surface area contributed by atoms with Gasteiger partial charge in [-0.15, -0.1) is 11.3 Å². The number of nitrogens with zero attached hydrogens (tertiary/aromatic N) is 4. The molecule has 0 radical (unpaired) electrons. The van der Waals surface area contributed by atoms with E-state index in [0.29, 0.717) is 11.7 Å². The number of nitrogens with one attached hydrogen (secondary N) is 1. The van der Waals surface area contributed by atoms with Crippen LogP contribution in [0.3, 0.4) is 0 Å². The quantitative estimate of drug-likeness (QED) is 0.272. The minimum absolute atomic E-state index is 0.473. The molecule has 6 rings (SSSR count). The summed E-state index contributed by atoms with van der Waals surface area (Å²) in [6.45, 7) is 0. The summed E-state index contributed by atoms with van der Waals surface area (Å²) in [4.78, 5) is 24.9. The van der Waals surface area contributed by atoms with E-state index in [-0.39, 0.29) is 0 Å². The van der Waals surface area contributed by atoms with Gasteiger partial charge in [0.25, 0.3) is 0 Å². The molecule has 0 saturated heterocycles. The van der Waals surface area contributed by atoms with Gasteiger partial charge in [0, 0.05) is 36.3 Å². The summed E-state index contributed by atoms with van der Waals surface area (Å²) >= 11 is 1.71. The van der Waals surface area contributed by atoms with E-state index in [9.17, 15) is 4.79 Å². The number of carboxylic acid groups (broad SMARTS) is 1. The highest BCUT2D eigenvalue weighted by atomic mass is 32.1. The van der Waals surface area contributed by atoms with Crippen molar-refractivity contribution < 1.29 is 9.90 Å². The number of fused-ring (bicyclic) bond motifs is 2. The summed E-state index contributed by atoms with van der Waals surface area (Å²) in [5.74, 6) is 2.10. The third kappa shape index (κ3) is 4.74. The van der Waals surface area contributed by atoms with Crippen molar-refractivity contribution in [3.8, 4) is 21.8 Å². The Labute approximate surface area is 212 Å². The van der Waals surface area contributed by atoms with Crippen LogP contribution in [0.25, 0.3) is 38.2 Å². The van der Waals surface area contributed by atoms with E-state index in [2.05, 4.69) is 57.2 Å². The fourth-order valence-electron chi connectivity index (χ4n) is 4.76. The normalized spacial score (nSPS) is 13.9. The highest BCUT2D eigenvalue weighted by molar-refractivity contribution is 7.13. The van der Waals surface area contributed by atoms with Crippen LogP contribution in [0.5, 0.6) is 0 Å². The first-order chi connectivity index (χ1) is 17.5. The Morgan fingerprint density at radius 2 is 1.92 bits per heavy atom. The zero-order valence-corrected chi connectivity index (χ0v) is 20.8. The molecule has 4 aromatic heterocycles. The van der Waals surface area contributed by atoms with Gasteiger partial charge in [-0.3, -0.25) is 4.40 Å². The van der Waals surface area contributed by atoms with Crippen LogP contribution < -0.4 is 11.1 Å².